The molecule has 0 spiro atoms. The Balaban J connectivity index is 2.18. The highest BCUT2D eigenvalue weighted by Gasteiger charge is 2.21. The molecule has 0 saturated carbocycles. The van der Waals surface area contributed by atoms with E-state index in [9.17, 15) is 8.78 Å². The Morgan fingerprint density at radius 3 is 2.53 bits per heavy atom. The monoisotopic (exact) mass is 240 g/mol. The topological polar surface area (TPSA) is 15.3 Å². The van der Waals surface area contributed by atoms with E-state index < -0.39 is 11.6 Å². The Labute approximate surface area is 101 Å². The van der Waals surface area contributed by atoms with E-state index in [0.29, 0.717) is 0 Å². The molecular formula is C13H18F2N2. The molecule has 1 aliphatic rings. The van der Waals surface area contributed by atoms with E-state index in [-0.39, 0.29) is 6.04 Å². The molecule has 0 amide bonds. The van der Waals surface area contributed by atoms with Gasteiger partial charge in [-0.3, -0.25) is 4.90 Å². The first-order chi connectivity index (χ1) is 8.22. The maximum atomic E-state index is 13.2. The summed E-state index contributed by atoms with van der Waals surface area (Å²) in [6, 6.07) is 4.42. The number of nitrogens with one attached hydrogen (secondary N) is 1. The second-order valence-corrected chi connectivity index (χ2v) is 4.38. The first kappa shape index (κ1) is 12.5. The molecule has 0 bridgehead atoms. The number of hydrogen-bond donors (Lipinski definition) is 1. The molecule has 2 rings (SSSR count). The lowest BCUT2D eigenvalue weighted by atomic mass is 10.0. The summed E-state index contributed by atoms with van der Waals surface area (Å²) in [5.74, 6) is -1.53. The van der Waals surface area contributed by atoms with Crippen molar-refractivity contribution in [2.75, 3.05) is 26.2 Å². The highest BCUT2D eigenvalue weighted by molar-refractivity contribution is 5.21. The largest absolute Gasteiger partial charge is 0.314 e. The SMILES string of the molecule is CC[C@@H](c1ccc(F)c(F)c1)N1CCNCC1. The van der Waals surface area contributed by atoms with Gasteiger partial charge in [0.05, 0.1) is 0 Å². The Morgan fingerprint density at radius 2 is 1.94 bits per heavy atom. The van der Waals surface area contributed by atoms with Crippen LogP contribution in [0.2, 0.25) is 0 Å². The molecule has 1 saturated heterocycles. The number of rotatable bonds is 3. The summed E-state index contributed by atoms with van der Waals surface area (Å²) in [5, 5.41) is 3.29. The van der Waals surface area contributed by atoms with Gasteiger partial charge in [-0.15, -0.1) is 0 Å². The van der Waals surface area contributed by atoms with Crippen molar-refractivity contribution in [2.45, 2.75) is 19.4 Å². The number of benzene rings is 1. The number of piperazine rings is 1. The molecule has 1 atom stereocenters. The van der Waals surface area contributed by atoms with Gasteiger partial charge in [0.15, 0.2) is 11.6 Å². The van der Waals surface area contributed by atoms with Crippen LogP contribution in [-0.4, -0.2) is 31.1 Å². The molecule has 0 unspecified atom stereocenters. The predicted octanol–water partition coefficient (Wildman–Crippen LogP) is 2.32. The molecule has 2 nitrogen and oxygen atoms in total. The van der Waals surface area contributed by atoms with Gasteiger partial charge in [-0.2, -0.15) is 0 Å². The van der Waals surface area contributed by atoms with Gasteiger partial charge in [0, 0.05) is 32.2 Å². The van der Waals surface area contributed by atoms with Gasteiger partial charge < -0.3 is 5.32 Å². The van der Waals surface area contributed by atoms with Crippen molar-refractivity contribution >= 4 is 0 Å². The van der Waals surface area contributed by atoms with Crippen molar-refractivity contribution in [3.8, 4) is 0 Å². The predicted molar refractivity (Wildman–Crippen MR) is 63.8 cm³/mol. The van der Waals surface area contributed by atoms with Gasteiger partial charge in [-0.05, 0) is 24.1 Å². The second kappa shape index (κ2) is 5.56. The van der Waals surface area contributed by atoms with Crippen LogP contribution >= 0.6 is 0 Å². The summed E-state index contributed by atoms with van der Waals surface area (Å²) < 4.78 is 26.1. The van der Waals surface area contributed by atoms with Crippen LogP contribution in [0.25, 0.3) is 0 Å². The third-order valence-electron chi connectivity index (χ3n) is 3.31. The fourth-order valence-corrected chi connectivity index (χ4v) is 2.42. The molecule has 0 radical (unpaired) electrons. The Bertz CT molecular complexity index is 376. The van der Waals surface area contributed by atoms with Crippen LogP contribution in [0.4, 0.5) is 8.78 Å². The third-order valence-corrected chi connectivity index (χ3v) is 3.31. The third kappa shape index (κ3) is 2.82. The van der Waals surface area contributed by atoms with Gasteiger partial charge in [0.25, 0.3) is 0 Å². The molecule has 17 heavy (non-hydrogen) atoms. The van der Waals surface area contributed by atoms with Crippen molar-refractivity contribution in [3.05, 3.63) is 35.4 Å². The molecule has 94 valence electrons. The first-order valence-electron chi connectivity index (χ1n) is 6.12. The minimum Gasteiger partial charge on any atom is -0.314 e. The summed E-state index contributed by atoms with van der Waals surface area (Å²) in [5.41, 5.74) is 0.869. The van der Waals surface area contributed by atoms with Crippen molar-refractivity contribution in [2.24, 2.45) is 0 Å². The van der Waals surface area contributed by atoms with E-state index in [1.165, 1.54) is 12.1 Å². The van der Waals surface area contributed by atoms with E-state index >= 15 is 0 Å². The van der Waals surface area contributed by atoms with Gasteiger partial charge in [-0.25, -0.2) is 8.78 Å². The average Bonchev–Trinajstić information content (AvgIpc) is 2.36. The van der Waals surface area contributed by atoms with Crippen molar-refractivity contribution in [1.82, 2.24) is 10.2 Å². The number of halogens is 2. The molecule has 1 aromatic rings. The zero-order valence-electron chi connectivity index (χ0n) is 10.0. The fraction of sp³-hybridized carbons (Fsp3) is 0.538. The van der Waals surface area contributed by atoms with Crippen LogP contribution in [0.15, 0.2) is 18.2 Å². The van der Waals surface area contributed by atoms with Gasteiger partial charge in [0.1, 0.15) is 0 Å². The first-order valence-corrected chi connectivity index (χ1v) is 6.12. The lowest BCUT2D eigenvalue weighted by molar-refractivity contribution is 0.169. The number of hydrogen-bond acceptors (Lipinski definition) is 2. The smallest absolute Gasteiger partial charge is 0.159 e. The quantitative estimate of drug-likeness (QED) is 0.872. The van der Waals surface area contributed by atoms with Crippen molar-refractivity contribution in [3.63, 3.8) is 0 Å². The summed E-state index contributed by atoms with van der Waals surface area (Å²) in [7, 11) is 0. The minimum absolute atomic E-state index is 0.187. The van der Waals surface area contributed by atoms with Crippen LogP contribution in [0.1, 0.15) is 24.9 Å². The van der Waals surface area contributed by atoms with E-state index in [1.807, 2.05) is 0 Å². The highest BCUT2D eigenvalue weighted by atomic mass is 19.2. The highest BCUT2D eigenvalue weighted by Crippen LogP contribution is 2.25. The summed E-state index contributed by atoms with van der Waals surface area (Å²) >= 11 is 0. The van der Waals surface area contributed by atoms with Crippen LogP contribution in [0, 0.1) is 11.6 Å². The maximum absolute atomic E-state index is 13.2. The van der Waals surface area contributed by atoms with E-state index in [0.717, 1.165) is 38.2 Å². The van der Waals surface area contributed by atoms with Crippen molar-refractivity contribution < 1.29 is 8.78 Å². The fourth-order valence-electron chi connectivity index (χ4n) is 2.42. The van der Waals surface area contributed by atoms with E-state index in [2.05, 4.69) is 17.1 Å². The Hall–Kier alpha value is -1.00. The second-order valence-electron chi connectivity index (χ2n) is 4.38. The van der Waals surface area contributed by atoms with Gasteiger partial charge in [0.2, 0.25) is 0 Å². The van der Waals surface area contributed by atoms with Gasteiger partial charge >= 0.3 is 0 Å². The Morgan fingerprint density at radius 1 is 1.24 bits per heavy atom. The molecule has 0 aliphatic carbocycles. The van der Waals surface area contributed by atoms with Crippen LogP contribution in [-0.2, 0) is 0 Å². The normalized spacial score (nSPS) is 19.2. The summed E-state index contributed by atoms with van der Waals surface area (Å²) in [6.45, 7) is 5.91. The maximum Gasteiger partial charge on any atom is 0.159 e. The molecule has 1 aromatic carbocycles. The number of nitrogens with zero attached hydrogens (tertiary/aromatic N) is 1. The zero-order chi connectivity index (χ0) is 12.3. The molecule has 1 fully saturated rings. The van der Waals surface area contributed by atoms with E-state index in [4.69, 9.17) is 0 Å². The lowest BCUT2D eigenvalue weighted by Crippen LogP contribution is -2.45. The summed E-state index contributed by atoms with van der Waals surface area (Å²) in [6.07, 6.45) is 0.908. The molecule has 4 heteroatoms. The van der Waals surface area contributed by atoms with Crippen LogP contribution in [0.3, 0.4) is 0 Å². The van der Waals surface area contributed by atoms with Crippen LogP contribution in [0.5, 0.6) is 0 Å². The van der Waals surface area contributed by atoms with Crippen molar-refractivity contribution in [1.29, 1.82) is 0 Å². The Kier molecular flexibility index (Phi) is 4.07. The average molecular weight is 240 g/mol. The molecule has 1 aliphatic heterocycles. The van der Waals surface area contributed by atoms with Gasteiger partial charge in [-0.1, -0.05) is 13.0 Å². The summed E-state index contributed by atoms with van der Waals surface area (Å²) in [4.78, 5) is 2.32. The molecule has 1 N–H and O–H groups in total. The molecule has 0 aromatic heterocycles. The van der Waals surface area contributed by atoms with Crippen LogP contribution < -0.4 is 5.32 Å². The van der Waals surface area contributed by atoms with E-state index in [1.54, 1.807) is 6.07 Å². The lowest BCUT2D eigenvalue weighted by Gasteiger charge is -2.34. The zero-order valence-corrected chi connectivity index (χ0v) is 10.0. The molecule has 1 heterocycles. The standard InChI is InChI=1S/C13H18F2N2/c1-2-13(17-7-5-16-6-8-17)10-3-4-11(14)12(15)9-10/h3-4,9,13,16H,2,5-8H2,1H3/t13-/m0/s1. The molecular weight excluding hydrogens is 222 g/mol. The minimum atomic E-state index is -0.774.